The minimum atomic E-state index is -1.57. The molecule has 0 unspecified atom stereocenters. The van der Waals surface area contributed by atoms with E-state index >= 15 is 0 Å². The molecule has 6 heteroatoms. The molecule has 0 saturated carbocycles. The fourth-order valence-electron chi connectivity index (χ4n) is 13.1. The highest BCUT2D eigenvalue weighted by atomic mass is 28.3. The zero-order valence-corrected chi connectivity index (χ0v) is 48.1. The van der Waals surface area contributed by atoms with Gasteiger partial charge in [-0.1, -0.05) is 172 Å². The summed E-state index contributed by atoms with van der Waals surface area (Å²) in [6.07, 6.45) is 0. The Morgan fingerprint density at radius 2 is 0.841 bits per heavy atom. The summed E-state index contributed by atoms with van der Waals surface area (Å²) in [6, 6.07) is 85.6. The van der Waals surface area contributed by atoms with Crippen LogP contribution in [-0.2, 0) is 5.41 Å². The molecule has 0 bridgehead atoms. The Balaban J connectivity index is 0.928. The van der Waals surface area contributed by atoms with Gasteiger partial charge < -0.3 is 23.0 Å². The predicted octanol–water partition coefficient (Wildman–Crippen LogP) is 21.7. The smallest absolute Gasteiger partial charge is 0.159 e. The van der Waals surface area contributed by atoms with Gasteiger partial charge in [-0.2, -0.15) is 0 Å². The van der Waals surface area contributed by atoms with Gasteiger partial charge in [0.1, 0.15) is 11.2 Å². The fraction of sp³-hybridized carbons (Fsp3) is 0.105. The van der Waals surface area contributed by atoms with Gasteiger partial charge in [0.15, 0.2) is 11.2 Å². The van der Waals surface area contributed by atoms with Crippen LogP contribution in [0.15, 0.2) is 239 Å². The van der Waals surface area contributed by atoms with Crippen molar-refractivity contribution in [3.63, 3.8) is 0 Å². The average molecular weight is 1070 g/mol. The number of hydrogen-bond donors (Lipinski definition) is 0. The van der Waals surface area contributed by atoms with Crippen molar-refractivity contribution in [1.29, 1.82) is 0 Å². The molecular formula is C76H59N3O2Si. The monoisotopic (exact) mass is 1070 g/mol. The molecule has 0 saturated heterocycles. The molecular weight excluding hydrogens is 1010 g/mol. The third-order valence-corrected chi connectivity index (χ3v) is 19.5. The lowest BCUT2D eigenvalue weighted by atomic mass is 9.86. The molecule has 16 aromatic rings. The van der Waals surface area contributed by atoms with Crippen molar-refractivity contribution in [2.24, 2.45) is 0 Å². The Labute approximate surface area is 476 Å². The van der Waals surface area contributed by atoms with Crippen LogP contribution in [0.3, 0.4) is 0 Å². The van der Waals surface area contributed by atoms with E-state index in [9.17, 15) is 0 Å². The van der Waals surface area contributed by atoms with Gasteiger partial charge in [0.05, 0.1) is 36.0 Å². The van der Waals surface area contributed by atoms with E-state index in [0.29, 0.717) is 0 Å². The molecule has 0 aliphatic heterocycles. The third-order valence-electron chi connectivity index (χ3n) is 17.4. The molecule has 16 rings (SSSR count). The third kappa shape index (κ3) is 7.51. The molecule has 0 amide bonds. The van der Waals surface area contributed by atoms with Gasteiger partial charge in [-0.3, -0.25) is 0 Å². The van der Waals surface area contributed by atoms with E-state index in [2.05, 4.69) is 286 Å². The number of furan rings is 2. The maximum atomic E-state index is 6.78. The summed E-state index contributed by atoms with van der Waals surface area (Å²) in [6.45, 7) is 16.2. The summed E-state index contributed by atoms with van der Waals surface area (Å²) in [4.78, 5) is 4.74. The van der Waals surface area contributed by atoms with Crippen LogP contribution in [0.2, 0.25) is 19.6 Å². The normalized spacial score (nSPS) is 12.6. The van der Waals surface area contributed by atoms with Gasteiger partial charge in [0.25, 0.3) is 0 Å². The summed E-state index contributed by atoms with van der Waals surface area (Å²) < 4.78 is 16.1. The van der Waals surface area contributed by atoms with Crippen LogP contribution in [0.1, 0.15) is 31.9 Å². The van der Waals surface area contributed by atoms with Gasteiger partial charge in [-0.25, -0.2) is 0 Å². The number of aromatic nitrogens is 1. The van der Waals surface area contributed by atoms with Gasteiger partial charge in [-0.05, 0) is 160 Å². The maximum Gasteiger partial charge on any atom is 0.159 e. The van der Waals surface area contributed by atoms with Crippen molar-refractivity contribution in [3.8, 4) is 11.1 Å². The molecule has 0 spiro atoms. The van der Waals surface area contributed by atoms with Crippen LogP contribution in [-0.4, -0.2) is 12.5 Å². The minimum Gasteiger partial charge on any atom is -0.454 e. The average Bonchev–Trinajstić information content (AvgIpc) is 3.26. The Bertz CT molecular complexity index is 5240. The number of para-hydroxylation sites is 4. The molecule has 0 atom stereocenters. The van der Waals surface area contributed by atoms with Gasteiger partial charge in [0, 0.05) is 65.8 Å². The molecule has 12 aromatic carbocycles. The van der Waals surface area contributed by atoms with E-state index in [1.807, 2.05) is 6.07 Å². The fourth-order valence-corrected chi connectivity index (χ4v) is 14.3. The molecule has 4 heterocycles. The number of fused-ring (bicyclic) bond motifs is 14. The standard InChI is InChI=1S/C76H59N3O2Si/c1-46-22-30-54(31-23-46)77(67-18-12-16-61-59-14-8-10-20-71(59)80-74(61)67)56-32-26-48-40-63-65-42-52(47-24-28-53(29-25-47)76(2,3)4)43-66-64-41-49-27-33-57(39-51(49)45-70(64)79(73(65)66)69(63)44-50(48)38-56)78(55-34-36-58(37-35-55)82(5,6)7)68-19-13-17-62-60-15-9-11-21-72(60)81-75(62)68/h8-45H,1-7H3. The zero-order valence-electron chi connectivity index (χ0n) is 47.1. The van der Waals surface area contributed by atoms with Crippen LogP contribution in [0.4, 0.5) is 34.1 Å². The van der Waals surface area contributed by atoms with E-state index < -0.39 is 8.07 Å². The van der Waals surface area contributed by atoms with E-state index in [4.69, 9.17) is 8.83 Å². The summed E-state index contributed by atoms with van der Waals surface area (Å²) in [5.41, 5.74) is 18.4. The zero-order chi connectivity index (χ0) is 55.3. The summed E-state index contributed by atoms with van der Waals surface area (Å²) in [7, 11) is -1.57. The topological polar surface area (TPSA) is 37.2 Å². The van der Waals surface area contributed by atoms with E-state index in [-0.39, 0.29) is 5.41 Å². The van der Waals surface area contributed by atoms with Crippen LogP contribution in [0, 0.1) is 6.92 Å². The summed E-state index contributed by atoms with van der Waals surface area (Å²) >= 11 is 0. The molecule has 5 nitrogen and oxygen atoms in total. The van der Waals surface area contributed by atoms with Crippen molar-refractivity contribution in [3.05, 3.63) is 242 Å². The molecule has 82 heavy (non-hydrogen) atoms. The lowest BCUT2D eigenvalue weighted by molar-refractivity contribution is 0.590. The first-order valence-corrected chi connectivity index (χ1v) is 32.1. The van der Waals surface area contributed by atoms with Crippen molar-refractivity contribution in [2.45, 2.75) is 52.8 Å². The second kappa shape index (κ2) is 17.7. The first-order valence-electron chi connectivity index (χ1n) is 28.6. The molecule has 394 valence electrons. The van der Waals surface area contributed by atoms with Crippen molar-refractivity contribution >= 4 is 151 Å². The van der Waals surface area contributed by atoms with E-state index in [0.717, 1.165) is 88.8 Å². The Morgan fingerprint density at radius 3 is 1.33 bits per heavy atom. The second-order valence-corrected chi connectivity index (χ2v) is 29.8. The number of anilines is 6. The lowest BCUT2D eigenvalue weighted by Crippen LogP contribution is -2.37. The van der Waals surface area contributed by atoms with E-state index in [1.54, 1.807) is 0 Å². The van der Waals surface area contributed by atoms with Crippen molar-refractivity contribution < 1.29 is 8.83 Å². The first kappa shape index (κ1) is 48.3. The summed E-state index contributed by atoms with van der Waals surface area (Å²) in [5, 5.41) is 15.5. The van der Waals surface area contributed by atoms with Crippen LogP contribution in [0.25, 0.3) is 115 Å². The Morgan fingerprint density at radius 1 is 0.378 bits per heavy atom. The quantitative estimate of drug-likeness (QED) is 0.142. The van der Waals surface area contributed by atoms with Crippen molar-refractivity contribution in [1.82, 2.24) is 4.40 Å². The maximum absolute atomic E-state index is 6.78. The van der Waals surface area contributed by atoms with Crippen LogP contribution < -0.4 is 15.0 Å². The Hall–Kier alpha value is -9.62. The SMILES string of the molecule is Cc1ccc(N(c2ccc3cc4c5cc(-c6ccc(C(C)(C)C)cc6)cc6c7cc8ccc(N(c9ccc([Si](C)(C)C)cc9)c9cccc%10c9oc9ccccc9%10)cc8cc7n(c4cc3c2)c56)c2cccc3c2oc2ccccc23)cc1. The first-order chi connectivity index (χ1) is 39.8. The number of aryl methyl sites for hydroxylation is 1. The second-order valence-electron chi connectivity index (χ2n) is 24.7. The lowest BCUT2D eigenvalue weighted by Gasteiger charge is -2.27. The van der Waals surface area contributed by atoms with Crippen LogP contribution in [0.5, 0.6) is 0 Å². The molecule has 0 aliphatic carbocycles. The summed E-state index contributed by atoms with van der Waals surface area (Å²) in [5.74, 6) is 0. The highest BCUT2D eigenvalue weighted by Gasteiger charge is 2.26. The highest BCUT2D eigenvalue weighted by molar-refractivity contribution is 6.88. The Kier molecular flexibility index (Phi) is 10.4. The highest BCUT2D eigenvalue weighted by Crippen LogP contribution is 2.48. The van der Waals surface area contributed by atoms with E-state index in [1.165, 1.54) is 76.3 Å². The number of nitrogens with zero attached hydrogens (tertiary/aromatic N) is 3. The molecule has 0 radical (unpaired) electrons. The minimum absolute atomic E-state index is 0.0543. The molecule has 0 aliphatic rings. The molecule has 0 fully saturated rings. The largest absolute Gasteiger partial charge is 0.454 e. The van der Waals surface area contributed by atoms with Gasteiger partial charge >= 0.3 is 0 Å². The van der Waals surface area contributed by atoms with Gasteiger partial charge in [-0.15, -0.1) is 0 Å². The van der Waals surface area contributed by atoms with Crippen LogP contribution >= 0.6 is 0 Å². The predicted molar refractivity (Wildman–Crippen MR) is 352 cm³/mol. The van der Waals surface area contributed by atoms with Crippen molar-refractivity contribution in [2.75, 3.05) is 9.80 Å². The molecule has 4 aromatic heterocycles. The number of rotatable bonds is 8. The number of benzene rings is 12. The van der Waals surface area contributed by atoms with Gasteiger partial charge in [0.2, 0.25) is 0 Å². The number of hydrogen-bond acceptors (Lipinski definition) is 4. The molecule has 0 N–H and O–H groups in total.